The molecule has 5 nitrogen and oxygen atoms in total. The average Bonchev–Trinajstić information content (AvgIpc) is 2.39. The monoisotopic (exact) mass is 256 g/mol. The summed E-state index contributed by atoms with van der Waals surface area (Å²) in [6.45, 7) is 5.61. The number of likely N-dealkylation sites (tertiary alicyclic amines) is 1. The van der Waals surface area contributed by atoms with Crippen LogP contribution in [0, 0.1) is 5.92 Å². The molecule has 106 valence electrons. The molecule has 0 aromatic heterocycles. The lowest BCUT2D eigenvalue weighted by Gasteiger charge is -2.29. The minimum absolute atomic E-state index is 0.314. The smallest absolute Gasteiger partial charge is 0.140 e. The van der Waals surface area contributed by atoms with Gasteiger partial charge in [0, 0.05) is 12.5 Å². The fourth-order valence-electron chi connectivity index (χ4n) is 2.50. The van der Waals surface area contributed by atoms with Crippen LogP contribution in [0.2, 0.25) is 0 Å². The Bertz CT molecular complexity index is 249. The topological polar surface area (TPSA) is 73.9 Å². The summed E-state index contributed by atoms with van der Waals surface area (Å²) < 4.78 is 0. The second-order valence-corrected chi connectivity index (χ2v) is 5.39. The number of oxime groups is 1. The third kappa shape index (κ3) is 5.69. The molecule has 0 radical (unpaired) electrons. The van der Waals surface area contributed by atoms with E-state index < -0.39 is 0 Å². The lowest BCUT2D eigenvalue weighted by molar-refractivity contribution is 0.210. The van der Waals surface area contributed by atoms with Crippen LogP contribution in [0.25, 0.3) is 0 Å². The molecule has 1 rings (SSSR count). The first-order chi connectivity index (χ1) is 8.65. The maximum Gasteiger partial charge on any atom is 0.140 e. The van der Waals surface area contributed by atoms with Crippen LogP contribution in [0.4, 0.5) is 0 Å². The summed E-state index contributed by atoms with van der Waals surface area (Å²) in [6.07, 6.45) is 5.49. The third-order valence-electron chi connectivity index (χ3n) is 3.90. The van der Waals surface area contributed by atoms with Gasteiger partial charge in [0.05, 0.1) is 0 Å². The minimum atomic E-state index is 0.314. The third-order valence-corrected chi connectivity index (χ3v) is 3.90. The normalized spacial score (nSPS) is 21.1. The molecule has 0 saturated carbocycles. The van der Waals surface area contributed by atoms with Crippen molar-refractivity contribution in [3.8, 4) is 0 Å². The van der Waals surface area contributed by atoms with Crippen LogP contribution in [0.1, 0.15) is 39.0 Å². The van der Waals surface area contributed by atoms with Crippen molar-refractivity contribution in [2.45, 2.75) is 45.1 Å². The Morgan fingerprint density at radius 3 is 2.72 bits per heavy atom. The van der Waals surface area contributed by atoms with Gasteiger partial charge >= 0.3 is 0 Å². The van der Waals surface area contributed by atoms with E-state index in [4.69, 9.17) is 10.9 Å². The molecule has 0 bridgehead atoms. The molecule has 1 unspecified atom stereocenters. The van der Waals surface area contributed by atoms with Gasteiger partial charge in [-0.3, -0.25) is 0 Å². The summed E-state index contributed by atoms with van der Waals surface area (Å²) in [5, 5.41) is 15.1. The molecule has 5 heteroatoms. The van der Waals surface area contributed by atoms with Gasteiger partial charge in [0.15, 0.2) is 0 Å². The molecule has 0 aromatic rings. The van der Waals surface area contributed by atoms with E-state index in [0.717, 1.165) is 18.9 Å². The molecule has 0 aromatic carbocycles. The van der Waals surface area contributed by atoms with Crippen molar-refractivity contribution in [1.29, 1.82) is 0 Å². The van der Waals surface area contributed by atoms with Gasteiger partial charge in [-0.05, 0) is 58.3 Å². The Kier molecular flexibility index (Phi) is 7.05. The van der Waals surface area contributed by atoms with Gasteiger partial charge in [-0.1, -0.05) is 12.1 Å². The molecule has 1 atom stereocenters. The van der Waals surface area contributed by atoms with Crippen LogP contribution in [0.15, 0.2) is 5.16 Å². The van der Waals surface area contributed by atoms with Crippen molar-refractivity contribution in [3.05, 3.63) is 0 Å². The number of nitrogens with one attached hydrogen (secondary N) is 1. The fraction of sp³-hybridized carbons (Fsp3) is 0.923. The van der Waals surface area contributed by atoms with E-state index in [1.54, 1.807) is 0 Å². The first-order valence-electron chi connectivity index (χ1n) is 7.04. The second kappa shape index (κ2) is 8.32. The molecule has 1 saturated heterocycles. The number of amidine groups is 1. The zero-order chi connectivity index (χ0) is 13.4. The van der Waals surface area contributed by atoms with Crippen molar-refractivity contribution in [1.82, 2.24) is 10.2 Å². The maximum atomic E-state index is 8.56. The number of hydrogen-bond acceptors (Lipinski definition) is 4. The standard InChI is InChI=1S/C13H28N4O/c1-3-12(10-13(14)16-18)15-7-4-11-5-8-17(2)9-6-11/h11-12,15,18H,3-10H2,1-2H3,(H2,14,16). The summed E-state index contributed by atoms with van der Waals surface area (Å²) in [6, 6.07) is 0.326. The fourth-order valence-corrected chi connectivity index (χ4v) is 2.50. The molecule has 0 spiro atoms. The SMILES string of the molecule is CCC(CC(N)=NO)NCCC1CCN(C)CC1. The number of rotatable bonds is 7. The van der Waals surface area contributed by atoms with E-state index in [1.165, 1.54) is 32.4 Å². The van der Waals surface area contributed by atoms with E-state index >= 15 is 0 Å². The molecule has 1 heterocycles. The Balaban J connectivity index is 2.15. The summed E-state index contributed by atoms with van der Waals surface area (Å²) >= 11 is 0. The molecule has 0 amide bonds. The Hall–Kier alpha value is -0.810. The van der Waals surface area contributed by atoms with Crippen LogP contribution in [0.5, 0.6) is 0 Å². The highest BCUT2D eigenvalue weighted by Gasteiger charge is 2.16. The van der Waals surface area contributed by atoms with E-state index in [0.29, 0.717) is 18.3 Å². The van der Waals surface area contributed by atoms with E-state index in [1.807, 2.05) is 0 Å². The van der Waals surface area contributed by atoms with Gasteiger partial charge in [0.1, 0.15) is 5.84 Å². The lowest BCUT2D eigenvalue weighted by Crippen LogP contribution is -2.36. The Morgan fingerprint density at radius 1 is 1.50 bits per heavy atom. The van der Waals surface area contributed by atoms with E-state index in [-0.39, 0.29) is 0 Å². The summed E-state index contributed by atoms with van der Waals surface area (Å²) in [7, 11) is 2.19. The van der Waals surface area contributed by atoms with Crippen LogP contribution >= 0.6 is 0 Å². The Labute approximate surface area is 110 Å². The Morgan fingerprint density at radius 2 is 2.17 bits per heavy atom. The summed E-state index contributed by atoms with van der Waals surface area (Å²) in [4.78, 5) is 2.40. The van der Waals surface area contributed by atoms with Crippen molar-refractivity contribution in [2.24, 2.45) is 16.8 Å². The largest absolute Gasteiger partial charge is 0.409 e. The number of hydrogen-bond donors (Lipinski definition) is 3. The highest BCUT2D eigenvalue weighted by molar-refractivity contribution is 5.80. The van der Waals surface area contributed by atoms with Gasteiger partial charge in [-0.2, -0.15) is 0 Å². The van der Waals surface area contributed by atoms with Crippen molar-refractivity contribution in [3.63, 3.8) is 0 Å². The van der Waals surface area contributed by atoms with Gasteiger partial charge < -0.3 is 21.2 Å². The zero-order valence-corrected chi connectivity index (χ0v) is 11.7. The van der Waals surface area contributed by atoms with Crippen LogP contribution < -0.4 is 11.1 Å². The number of nitrogens with two attached hydrogens (primary N) is 1. The lowest BCUT2D eigenvalue weighted by atomic mass is 9.93. The predicted octanol–water partition coefficient (Wildman–Crippen LogP) is 1.22. The van der Waals surface area contributed by atoms with Gasteiger partial charge in [0.2, 0.25) is 0 Å². The number of piperidine rings is 1. The molecular weight excluding hydrogens is 228 g/mol. The van der Waals surface area contributed by atoms with Gasteiger partial charge in [0.25, 0.3) is 0 Å². The number of nitrogens with zero attached hydrogens (tertiary/aromatic N) is 2. The molecule has 1 fully saturated rings. The van der Waals surface area contributed by atoms with Crippen LogP contribution in [-0.4, -0.2) is 48.7 Å². The quantitative estimate of drug-likeness (QED) is 0.277. The zero-order valence-electron chi connectivity index (χ0n) is 11.7. The maximum absolute atomic E-state index is 8.56. The molecular formula is C13H28N4O. The first-order valence-corrected chi connectivity index (χ1v) is 7.04. The molecule has 1 aliphatic rings. The van der Waals surface area contributed by atoms with Crippen molar-refractivity contribution < 1.29 is 5.21 Å². The highest BCUT2D eigenvalue weighted by Crippen LogP contribution is 2.18. The van der Waals surface area contributed by atoms with Crippen LogP contribution in [0.3, 0.4) is 0 Å². The van der Waals surface area contributed by atoms with Gasteiger partial charge in [-0.25, -0.2) is 0 Å². The summed E-state index contributed by atoms with van der Waals surface area (Å²) in [5.41, 5.74) is 5.53. The molecule has 0 aliphatic carbocycles. The summed E-state index contributed by atoms with van der Waals surface area (Å²) in [5.74, 6) is 1.17. The van der Waals surface area contributed by atoms with Crippen molar-refractivity contribution >= 4 is 5.84 Å². The minimum Gasteiger partial charge on any atom is -0.409 e. The second-order valence-electron chi connectivity index (χ2n) is 5.39. The predicted molar refractivity (Wildman–Crippen MR) is 74.9 cm³/mol. The molecule has 1 aliphatic heterocycles. The first kappa shape index (κ1) is 15.2. The van der Waals surface area contributed by atoms with Gasteiger partial charge in [-0.15, -0.1) is 0 Å². The van der Waals surface area contributed by atoms with Crippen LogP contribution in [-0.2, 0) is 0 Å². The molecule has 4 N–H and O–H groups in total. The molecule has 18 heavy (non-hydrogen) atoms. The van der Waals surface area contributed by atoms with E-state index in [2.05, 4.69) is 29.3 Å². The van der Waals surface area contributed by atoms with E-state index in [9.17, 15) is 0 Å². The highest BCUT2D eigenvalue weighted by atomic mass is 16.4. The average molecular weight is 256 g/mol. The van der Waals surface area contributed by atoms with Crippen molar-refractivity contribution in [2.75, 3.05) is 26.7 Å².